The van der Waals surface area contributed by atoms with Crippen molar-refractivity contribution in [2.75, 3.05) is 26.3 Å². The lowest BCUT2D eigenvalue weighted by Gasteiger charge is -2.44. The Hall–Kier alpha value is -4.28. The summed E-state index contributed by atoms with van der Waals surface area (Å²) >= 11 is 6.32. The maximum atomic E-state index is 13.6. The number of benzene rings is 3. The molecule has 1 aromatic heterocycles. The van der Waals surface area contributed by atoms with Crippen LogP contribution in [0.4, 0.5) is 14.0 Å². The second-order valence-electron chi connectivity index (χ2n) is 10.1. The van der Waals surface area contributed by atoms with Crippen molar-refractivity contribution in [1.29, 1.82) is 0 Å². The second-order valence-corrected chi connectivity index (χ2v) is 10.5. The van der Waals surface area contributed by atoms with Crippen molar-refractivity contribution in [1.82, 2.24) is 15.2 Å². The number of aromatic amines is 1. The van der Waals surface area contributed by atoms with Gasteiger partial charge in [0.15, 0.2) is 0 Å². The van der Waals surface area contributed by atoms with Gasteiger partial charge in [-0.15, -0.1) is 0 Å². The van der Waals surface area contributed by atoms with Crippen molar-refractivity contribution in [3.8, 4) is 11.5 Å². The monoisotopic (exact) mass is 595 g/mol. The summed E-state index contributed by atoms with van der Waals surface area (Å²) in [6.07, 6.45) is -1.56. The first-order valence-electron chi connectivity index (χ1n) is 13.6. The summed E-state index contributed by atoms with van der Waals surface area (Å²) in [6, 6.07) is 18.1. The van der Waals surface area contributed by atoms with Crippen LogP contribution in [0.2, 0.25) is 5.02 Å². The molecule has 0 fully saturated rings. The zero-order chi connectivity index (χ0) is 29.9. The van der Waals surface area contributed by atoms with E-state index in [4.69, 9.17) is 25.8 Å². The molecular weight excluding hydrogens is 565 g/mol. The van der Waals surface area contributed by atoms with Gasteiger partial charge in [0, 0.05) is 28.2 Å². The van der Waals surface area contributed by atoms with Crippen LogP contribution in [-0.2, 0) is 16.7 Å². The molecule has 42 heavy (non-hydrogen) atoms. The topological polar surface area (TPSA) is 113 Å². The highest BCUT2D eigenvalue weighted by atomic mass is 35.5. The van der Waals surface area contributed by atoms with Crippen LogP contribution in [0.25, 0.3) is 10.9 Å². The number of halogens is 2. The van der Waals surface area contributed by atoms with E-state index < -0.39 is 29.6 Å². The molecule has 3 N–H and O–H groups in total. The summed E-state index contributed by atoms with van der Waals surface area (Å²) in [5.41, 5.74) is 2.59. The van der Waals surface area contributed by atoms with Gasteiger partial charge in [0.25, 0.3) is 0 Å². The molecule has 0 aliphatic carbocycles. The fourth-order valence-electron chi connectivity index (χ4n) is 5.22. The van der Waals surface area contributed by atoms with E-state index in [9.17, 15) is 19.1 Å². The summed E-state index contributed by atoms with van der Waals surface area (Å²) in [5, 5.41) is 14.2. The average molecular weight is 596 g/mol. The van der Waals surface area contributed by atoms with Crippen LogP contribution >= 0.6 is 11.6 Å². The molecule has 9 nitrogen and oxygen atoms in total. The first-order valence-corrected chi connectivity index (χ1v) is 13.9. The second kappa shape index (κ2) is 12.3. The fourth-order valence-corrected chi connectivity index (χ4v) is 5.39. The maximum absolute atomic E-state index is 13.6. The van der Waals surface area contributed by atoms with E-state index >= 15 is 0 Å². The van der Waals surface area contributed by atoms with Gasteiger partial charge in [0.2, 0.25) is 0 Å². The van der Waals surface area contributed by atoms with E-state index in [1.54, 1.807) is 24.0 Å². The molecule has 2 amide bonds. The molecule has 220 valence electrons. The fraction of sp³-hybridized carbons (Fsp3) is 0.290. The molecule has 0 radical (unpaired) electrons. The number of aromatic nitrogens is 1. The molecule has 1 aliphatic heterocycles. The van der Waals surface area contributed by atoms with Crippen LogP contribution in [0.15, 0.2) is 66.7 Å². The minimum Gasteiger partial charge on any atom is -0.491 e. The first kappa shape index (κ1) is 29.2. The van der Waals surface area contributed by atoms with Crippen LogP contribution in [0.1, 0.15) is 30.7 Å². The van der Waals surface area contributed by atoms with Crippen molar-refractivity contribution in [3.05, 3.63) is 94.4 Å². The smallest absolute Gasteiger partial charge is 0.416 e. The molecule has 5 rings (SSSR count). The van der Waals surface area contributed by atoms with Crippen molar-refractivity contribution < 1.29 is 33.3 Å². The van der Waals surface area contributed by atoms with E-state index in [0.717, 1.165) is 27.7 Å². The van der Waals surface area contributed by atoms with E-state index in [-0.39, 0.29) is 25.5 Å². The number of nitrogens with zero attached hydrogens (tertiary/aromatic N) is 1. The van der Waals surface area contributed by atoms with Crippen LogP contribution < -0.4 is 14.8 Å². The molecule has 4 aromatic rings. The largest absolute Gasteiger partial charge is 0.491 e. The van der Waals surface area contributed by atoms with Gasteiger partial charge < -0.3 is 29.6 Å². The standard InChI is InChI=1S/C31H31ClFN3O6/c1-3-40-29(38)34-17-22(37)18-41-23-9-4-19(5-10-23)31(2)28-25(26-16-20(32)6-13-27(26)35-28)14-15-36(31)30(39)42-24-11-7-21(33)8-12-24/h4-13,16,22,35,37H,3,14-15,17-18H2,1-2H3,(H,34,38). The van der Waals surface area contributed by atoms with Crippen LogP contribution in [0.5, 0.6) is 11.5 Å². The number of rotatable bonds is 8. The van der Waals surface area contributed by atoms with Crippen molar-refractivity contribution in [2.24, 2.45) is 0 Å². The Labute approximate surface area is 247 Å². The van der Waals surface area contributed by atoms with Crippen LogP contribution in [0, 0.1) is 5.82 Å². The van der Waals surface area contributed by atoms with Gasteiger partial charge in [-0.3, -0.25) is 4.90 Å². The Morgan fingerprint density at radius 2 is 1.83 bits per heavy atom. The predicted molar refractivity (Wildman–Crippen MR) is 156 cm³/mol. The van der Waals surface area contributed by atoms with Crippen LogP contribution in [-0.4, -0.2) is 59.6 Å². The number of H-pyrrole nitrogens is 1. The molecular formula is C31H31ClFN3O6. The lowest BCUT2D eigenvalue weighted by Crippen LogP contribution is -2.53. The van der Waals surface area contributed by atoms with Crippen molar-refractivity contribution in [3.63, 3.8) is 0 Å². The lowest BCUT2D eigenvalue weighted by atomic mass is 9.81. The maximum Gasteiger partial charge on any atom is 0.416 e. The number of carbonyl (C=O) groups is 2. The average Bonchev–Trinajstić information content (AvgIpc) is 3.35. The third-order valence-electron chi connectivity index (χ3n) is 7.34. The molecule has 11 heteroatoms. The lowest BCUT2D eigenvalue weighted by molar-refractivity contribution is 0.0978. The molecule has 2 heterocycles. The summed E-state index contributed by atoms with van der Waals surface area (Å²) in [4.78, 5) is 30.2. The molecule has 0 bridgehead atoms. The van der Waals surface area contributed by atoms with E-state index in [1.807, 2.05) is 37.3 Å². The zero-order valence-corrected chi connectivity index (χ0v) is 23.9. The molecule has 2 atom stereocenters. The number of amides is 2. The zero-order valence-electron chi connectivity index (χ0n) is 23.2. The number of hydrogen-bond donors (Lipinski definition) is 3. The quantitative estimate of drug-likeness (QED) is 0.238. The molecule has 2 unspecified atom stereocenters. The van der Waals surface area contributed by atoms with E-state index in [1.165, 1.54) is 24.3 Å². The highest BCUT2D eigenvalue weighted by Gasteiger charge is 2.45. The summed E-state index contributed by atoms with van der Waals surface area (Å²) < 4.78 is 29.6. The highest BCUT2D eigenvalue weighted by Crippen LogP contribution is 2.44. The highest BCUT2D eigenvalue weighted by molar-refractivity contribution is 6.31. The minimum absolute atomic E-state index is 0.0205. The van der Waals surface area contributed by atoms with Gasteiger partial charge in [-0.2, -0.15) is 0 Å². The van der Waals surface area contributed by atoms with Crippen molar-refractivity contribution >= 4 is 34.7 Å². The third-order valence-corrected chi connectivity index (χ3v) is 7.57. The Morgan fingerprint density at radius 1 is 1.12 bits per heavy atom. The molecule has 0 saturated heterocycles. The van der Waals surface area contributed by atoms with Crippen molar-refractivity contribution in [2.45, 2.75) is 31.9 Å². The Bertz CT molecular complexity index is 1580. The molecule has 0 spiro atoms. The van der Waals surface area contributed by atoms with Gasteiger partial charge in [0.1, 0.15) is 35.6 Å². The summed E-state index contributed by atoms with van der Waals surface area (Å²) in [7, 11) is 0. The molecule has 0 saturated carbocycles. The molecule has 1 aliphatic rings. The number of ether oxygens (including phenoxy) is 3. The minimum atomic E-state index is -0.974. The summed E-state index contributed by atoms with van der Waals surface area (Å²) in [6.45, 7) is 4.16. The number of alkyl carbamates (subject to hydrolysis) is 1. The number of nitrogens with one attached hydrogen (secondary N) is 2. The normalized spacial score (nSPS) is 16.9. The SMILES string of the molecule is CCOC(=O)NCC(O)COc1ccc(C2(C)c3[nH]c4ccc(Cl)cc4c3CCN2C(=O)Oc2ccc(F)cc2)cc1. The Kier molecular flexibility index (Phi) is 8.56. The number of aliphatic hydroxyl groups is 1. The third kappa shape index (κ3) is 6.00. The number of aliphatic hydroxyl groups excluding tert-OH is 1. The van der Waals surface area contributed by atoms with E-state index in [2.05, 4.69) is 10.3 Å². The number of hydrogen-bond acceptors (Lipinski definition) is 6. The Balaban J connectivity index is 1.42. The molecule has 3 aromatic carbocycles. The number of fused-ring (bicyclic) bond motifs is 3. The van der Waals surface area contributed by atoms with Gasteiger partial charge >= 0.3 is 12.2 Å². The van der Waals surface area contributed by atoms with Gasteiger partial charge in [-0.25, -0.2) is 14.0 Å². The first-order chi connectivity index (χ1) is 20.2. The van der Waals surface area contributed by atoms with Crippen LogP contribution in [0.3, 0.4) is 0 Å². The van der Waals surface area contributed by atoms with E-state index in [0.29, 0.717) is 23.7 Å². The van der Waals surface area contributed by atoms with Gasteiger partial charge in [-0.1, -0.05) is 23.7 Å². The summed E-state index contributed by atoms with van der Waals surface area (Å²) in [5.74, 6) is 0.305. The van der Waals surface area contributed by atoms with Gasteiger partial charge in [-0.05, 0) is 86.0 Å². The Morgan fingerprint density at radius 3 is 2.55 bits per heavy atom. The van der Waals surface area contributed by atoms with Gasteiger partial charge in [0.05, 0.1) is 13.2 Å². The number of carbonyl (C=O) groups excluding carboxylic acids is 2. The predicted octanol–water partition coefficient (Wildman–Crippen LogP) is 5.77.